The van der Waals surface area contributed by atoms with Crippen LogP contribution >= 0.6 is 11.6 Å². The standard InChI is InChI=1S/C17H21ClN2O3/c1-11(2)8-14-17(20-15(9-21)16(19-14)22-3)23-10-12-6-4-5-7-13(12)18/h4-7,11,21H,8-10H2,1-3H3. The molecule has 1 aromatic carbocycles. The van der Waals surface area contributed by atoms with Crippen LogP contribution in [-0.4, -0.2) is 22.2 Å². The van der Waals surface area contributed by atoms with Crippen molar-refractivity contribution in [2.24, 2.45) is 5.92 Å². The van der Waals surface area contributed by atoms with E-state index < -0.39 is 0 Å². The van der Waals surface area contributed by atoms with Gasteiger partial charge in [-0.05, 0) is 18.4 Å². The van der Waals surface area contributed by atoms with Gasteiger partial charge in [-0.3, -0.25) is 0 Å². The van der Waals surface area contributed by atoms with Gasteiger partial charge < -0.3 is 14.6 Å². The van der Waals surface area contributed by atoms with E-state index in [0.717, 1.165) is 5.56 Å². The van der Waals surface area contributed by atoms with Crippen LogP contribution in [0, 0.1) is 5.92 Å². The van der Waals surface area contributed by atoms with E-state index in [0.29, 0.717) is 40.5 Å². The number of aliphatic hydroxyl groups is 1. The van der Waals surface area contributed by atoms with Crippen LogP contribution in [-0.2, 0) is 19.6 Å². The van der Waals surface area contributed by atoms with E-state index in [9.17, 15) is 5.11 Å². The second-order valence-corrected chi connectivity index (χ2v) is 5.97. The number of aromatic nitrogens is 2. The lowest BCUT2D eigenvalue weighted by atomic mass is 10.1. The highest BCUT2D eigenvalue weighted by Gasteiger charge is 2.16. The van der Waals surface area contributed by atoms with Crippen molar-refractivity contribution in [3.8, 4) is 11.8 Å². The van der Waals surface area contributed by atoms with Crippen LogP contribution in [0.15, 0.2) is 24.3 Å². The van der Waals surface area contributed by atoms with E-state index in [1.54, 1.807) is 0 Å². The van der Waals surface area contributed by atoms with Gasteiger partial charge in [-0.15, -0.1) is 0 Å². The van der Waals surface area contributed by atoms with Crippen molar-refractivity contribution >= 4 is 11.6 Å². The second-order valence-electron chi connectivity index (χ2n) is 5.57. The number of benzene rings is 1. The topological polar surface area (TPSA) is 64.5 Å². The molecule has 0 aliphatic heterocycles. The molecule has 1 heterocycles. The summed E-state index contributed by atoms with van der Waals surface area (Å²) in [7, 11) is 1.51. The van der Waals surface area contributed by atoms with Gasteiger partial charge in [-0.1, -0.05) is 43.6 Å². The number of aliphatic hydroxyl groups excluding tert-OH is 1. The Balaban J connectivity index is 2.29. The molecule has 0 aliphatic carbocycles. The van der Waals surface area contributed by atoms with Crippen molar-refractivity contribution in [2.75, 3.05) is 7.11 Å². The molecule has 0 bridgehead atoms. The molecule has 23 heavy (non-hydrogen) atoms. The Bertz CT molecular complexity index is 662. The van der Waals surface area contributed by atoms with Crippen molar-refractivity contribution in [3.63, 3.8) is 0 Å². The predicted molar refractivity (Wildman–Crippen MR) is 88.8 cm³/mol. The number of nitrogens with zero attached hydrogens (tertiary/aromatic N) is 2. The van der Waals surface area contributed by atoms with E-state index in [1.807, 2.05) is 24.3 Å². The molecule has 2 rings (SSSR count). The first-order valence-electron chi connectivity index (χ1n) is 7.46. The Morgan fingerprint density at radius 3 is 2.43 bits per heavy atom. The van der Waals surface area contributed by atoms with E-state index in [-0.39, 0.29) is 13.2 Å². The number of rotatable bonds is 7. The summed E-state index contributed by atoms with van der Waals surface area (Å²) in [6.45, 7) is 4.20. The van der Waals surface area contributed by atoms with Crippen molar-refractivity contribution in [1.29, 1.82) is 0 Å². The molecule has 6 heteroatoms. The van der Waals surface area contributed by atoms with Crippen LogP contribution in [0.3, 0.4) is 0 Å². The lowest BCUT2D eigenvalue weighted by Gasteiger charge is -2.15. The highest BCUT2D eigenvalue weighted by molar-refractivity contribution is 6.31. The van der Waals surface area contributed by atoms with Crippen LogP contribution in [0.2, 0.25) is 5.02 Å². The number of methoxy groups -OCH3 is 1. The molecule has 0 radical (unpaired) electrons. The minimum absolute atomic E-state index is 0.263. The minimum atomic E-state index is -0.263. The Hall–Kier alpha value is -1.85. The maximum absolute atomic E-state index is 9.42. The Kier molecular flexibility index (Phi) is 6.19. The Labute approximate surface area is 141 Å². The highest BCUT2D eigenvalue weighted by Crippen LogP contribution is 2.25. The molecule has 0 saturated heterocycles. The van der Waals surface area contributed by atoms with Crippen LogP contribution in [0.4, 0.5) is 0 Å². The normalized spacial score (nSPS) is 10.9. The smallest absolute Gasteiger partial charge is 0.238 e. The second kappa shape index (κ2) is 8.13. The summed E-state index contributed by atoms with van der Waals surface area (Å²) in [4.78, 5) is 8.79. The van der Waals surface area contributed by atoms with Crippen LogP contribution < -0.4 is 9.47 Å². The van der Waals surface area contributed by atoms with Crippen molar-refractivity contribution in [1.82, 2.24) is 9.97 Å². The highest BCUT2D eigenvalue weighted by atomic mass is 35.5. The van der Waals surface area contributed by atoms with Crippen molar-refractivity contribution < 1.29 is 14.6 Å². The summed E-state index contributed by atoms with van der Waals surface area (Å²) in [5.74, 6) is 1.12. The fourth-order valence-electron chi connectivity index (χ4n) is 2.13. The molecule has 124 valence electrons. The van der Waals surface area contributed by atoms with Crippen molar-refractivity contribution in [3.05, 3.63) is 46.2 Å². The van der Waals surface area contributed by atoms with E-state index in [4.69, 9.17) is 21.1 Å². The quantitative estimate of drug-likeness (QED) is 0.839. The third-order valence-electron chi connectivity index (χ3n) is 3.23. The zero-order valence-corrected chi connectivity index (χ0v) is 14.3. The molecule has 2 aromatic rings. The van der Waals surface area contributed by atoms with Crippen LogP contribution in [0.1, 0.15) is 30.8 Å². The van der Waals surface area contributed by atoms with Gasteiger partial charge in [-0.25, -0.2) is 9.97 Å². The number of halogens is 1. The molecule has 0 unspecified atom stereocenters. The SMILES string of the molecule is COc1nc(CC(C)C)c(OCc2ccccc2Cl)nc1CO. The van der Waals surface area contributed by atoms with Gasteiger partial charge in [0.15, 0.2) is 0 Å². The first kappa shape index (κ1) is 17.5. The van der Waals surface area contributed by atoms with Crippen LogP contribution in [0.25, 0.3) is 0 Å². The average Bonchev–Trinajstić information content (AvgIpc) is 2.54. The predicted octanol–water partition coefficient (Wildman–Crippen LogP) is 3.41. The van der Waals surface area contributed by atoms with Crippen molar-refractivity contribution in [2.45, 2.75) is 33.5 Å². The summed E-state index contributed by atoms with van der Waals surface area (Å²) in [6.07, 6.45) is 0.701. The molecule has 0 fully saturated rings. The minimum Gasteiger partial charge on any atom is -0.480 e. The molecule has 0 spiro atoms. The first-order chi connectivity index (χ1) is 11.0. The van der Waals surface area contributed by atoms with Gasteiger partial charge in [0.05, 0.1) is 13.7 Å². The summed E-state index contributed by atoms with van der Waals surface area (Å²) in [5, 5.41) is 10.1. The lowest BCUT2D eigenvalue weighted by Crippen LogP contribution is -2.10. The molecule has 1 N–H and O–H groups in total. The first-order valence-corrected chi connectivity index (χ1v) is 7.83. The summed E-state index contributed by atoms with van der Waals surface area (Å²) in [5.41, 5.74) is 1.93. The Morgan fingerprint density at radius 1 is 1.13 bits per heavy atom. The molecule has 5 nitrogen and oxygen atoms in total. The number of hydrogen-bond donors (Lipinski definition) is 1. The fraction of sp³-hybridized carbons (Fsp3) is 0.412. The molecule has 0 saturated carbocycles. The molecule has 0 aliphatic rings. The van der Waals surface area contributed by atoms with Gasteiger partial charge in [0.2, 0.25) is 11.8 Å². The van der Waals surface area contributed by atoms with Gasteiger partial charge in [0, 0.05) is 10.6 Å². The van der Waals surface area contributed by atoms with E-state index in [2.05, 4.69) is 23.8 Å². The fourth-order valence-corrected chi connectivity index (χ4v) is 2.32. The summed E-state index contributed by atoms with van der Waals surface area (Å²) < 4.78 is 11.0. The third kappa shape index (κ3) is 4.56. The van der Waals surface area contributed by atoms with E-state index >= 15 is 0 Å². The average molecular weight is 337 g/mol. The van der Waals surface area contributed by atoms with Gasteiger partial charge >= 0.3 is 0 Å². The molecular weight excluding hydrogens is 316 g/mol. The number of ether oxygens (including phenoxy) is 2. The zero-order valence-electron chi connectivity index (χ0n) is 13.5. The molecular formula is C17H21ClN2O3. The maximum atomic E-state index is 9.42. The summed E-state index contributed by atoms with van der Waals surface area (Å²) >= 11 is 6.14. The van der Waals surface area contributed by atoms with Crippen LogP contribution in [0.5, 0.6) is 11.8 Å². The monoisotopic (exact) mass is 336 g/mol. The molecule has 0 atom stereocenters. The third-order valence-corrected chi connectivity index (χ3v) is 3.60. The number of hydrogen-bond acceptors (Lipinski definition) is 5. The lowest BCUT2D eigenvalue weighted by molar-refractivity contribution is 0.251. The summed E-state index contributed by atoms with van der Waals surface area (Å²) in [6, 6.07) is 7.48. The van der Waals surface area contributed by atoms with Gasteiger partial charge in [0.1, 0.15) is 18.0 Å². The largest absolute Gasteiger partial charge is 0.480 e. The zero-order chi connectivity index (χ0) is 16.8. The molecule has 0 amide bonds. The Morgan fingerprint density at radius 2 is 1.83 bits per heavy atom. The maximum Gasteiger partial charge on any atom is 0.238 e. The molecule has 1 aromatic heterocycles. The van der Waals surface area contributed by atoms with E-state index in [1.165, 1.54) is 7.11 Å². The van der Waals surface area contributed by atoms with Gasteiger partial charge in [0.25, 0.3) is 0 Å². The van der Waals surface area contributed by atoms with Gasteiger partial charge in [-0.2, -0.15) is 0 Å².